The quantitative estimate of drug-likeness (QED) is 0.618. The fourth-order valence-electron chi connectivity index (χ4n) is 4.58. The van der Waals surface area contributed by atoms with Gasteiger partial charge < -0.3 is 20.7 Å². The molecule has 1 aromatic carbocycles. The Morgan fingerprint density at radius 1 is 1.24 bits per heavy atom. The topological polar surface area (TPSA) is 114 Å². The Morgan fingerprint density at radius 2 is 2.07 bits per heavy atom. The molecule has 0 radical (unpaired) electrons. The lowest BCUT2D eigenvalue weighted by Crippen LogP contribution is -2.52. The number of imide groups is 1. The molecule has 0 spiro atoms. The van der Waals surface area contributed by atoms with Crippen LogP contribution in [0.2, 0.25) is 0 Å². The number of nitrogens with one attached hydrogen (secondary N) is 2. The van der Waals surface area contributed by atoms with Gasteiger partial charge in [0.25, 0.3) is 5.91 Å². The number of carbonyl (C=O) groups is 3. The van der Waals surface area contributed by atoms with Gasteiger partial charge in [-0.15, -0.1) is 0 Å². The molecule has 3 aliphatic rings. The highest BCUT2D eigenvalue weighted by Crippen LogP contribution is 2.28. The Balaban J connectivity index is 1.39. The zero-order valence-corrected chi connectivity index (χ0v) is 16.6. The van der Waals surface area contributed by atoms with Crippen LogP contribution in [0.5, 0.6) is 0 Å². The molecule has 8 heteroatoms. The third-order valence-corrected chi connectivity index (χ3v) is 6.33. The molecule has 2 fully saturated rings. The summed E-state index contributed by atoms with van der Waals surface area (Å²) in [6.07, 6.45) is 3.53. The fraction of sp³-hybridized carbons (Fsp3) is 0.571. The molecule has 4 unspecified atom stereocenters. The first kappa shape index (κ1) is 20.0. The summed E-state index contributed by atoms with van der Waals surface area (Å²) in [7, 11) is 1.70. The van der Waals surface area contributed by atoms with Gasteiger partial charge in [0.15, 0.2) is 0 Å². The van der Waals surface area contributed by atoms with Crippen LogP contribution in [0.3, 0.4) is 0 Å². The second-order valence-corrected chi connectivity index (χ2v) is 8.22. The largest absolute Gasteiger partial charge is 0.380 e. The molecule has 8 nitrogen and oxygen atoms in total. The number of methoxy groups -OCH3 is 1. The van der Waals surface area contributed by atoms with E-state index < -0.39 is 6.04 Å². The first-order valence-electron chi connectivity index (χ1n) is 10.2. The highest BCUT2D eigenvalue weighted by molar-refractivity contribution is 6.05. The van der Waals surface area contributed by atoms with Gasteiger partial charge in [0.05, 0.1) is 6.10 Å². The van der Waals surface area contributed by atoms with Crippen molar-refractivity contribution in [1.29, 1.82) is 0 Å². The van der Waals surface area contributed by atoms with E-state index >= 15 is 0 Å². The van der Waals surface area contributed by atoms with Crippen LogP contribution in [0.25, 0.3) is 0 Å². The number of ether oxygens (including phenoxy) is 1. The van der Waals surface area contributed by atoms with Gasteiger partial charge in [-0.2, -0.15) is 0 Å². The molecule has 0 bridgehead atoms. The van der Waals surface area contributed by atoms with E-state index in [1.165, 1.54) is 0 Å². The lowest BCUT2D eigenvalue weighted by molar-refractivity contribution is -0.136. The summed E-state index contributed by atoms with van der Waals surface area (Å²) in [5, 5.41) is 5.89. The van der Waals surface area contributed by atoms with Crippen molar-refractivity contribution in [1.82, 2.24) is 15.5 Å². The first-order valence-corrected chi connectivity index (χ1v) is 10.2. The molecule has 156 valence electrons. The zero-order chi connectivity index (χ0) is 20.5. The van der Waals surface area contributed by atoms with Crippen LogP contribution in [0.4, 0.5) is 0 Å². The number of nitrogens with two attached hydrogens (primary N) is 1. The van der Waals surface area contributed by atoms with Gasteiger partial charge in [-0.1, -0.05) is 12.1 Å². The van der Waals surface area contributed by atoms with Crippen molar-refractivity contribution >= 4 is 17.7 Å². The van der Waals surface area contributed by atoms with Crippen LogP contribution in [0, 0.1) is 0 Å². The standard InChI is InChI=1S/C21H28N4O4/c1-29-18-9-14(4-5-16(18)22)23-10-12-2-3-13-11-25(21(28)15(13)8-12)17-6-7-19(26)24-20(17)27/h2-3,8,14,16-18,23H,4-7,9-11,22H2,1H3,(H,24,26,27). The van der Waals surface area contributed by atoms with Crippen molar-refractivity contribution in [3.05, 3.63) is 34.9 Å². The number of piperidine rings is 1. The van der Waals surface area contributed by atoms with E-state index in [4.69, 9.17) is 10.5 Å². The third-order valence-electron chi connectivity index (χ3n) is 6.33. The molecule has 2 heterocycles. The maximum atomic E-state index is 12.9. The number of nitrogens with zero attached hydrogens (tertiary/aromatic N) is 1. The number of benzene rings is 1. The number of hydrogen-bond donors (Lipinski definition) is 3. The van der Waals surface area contributed by atoms with Crippen molar-refractivity contribution in [2.75, 3.05) is 7.11 Å². The summed E-state index contributed by atoms with van der Waals surface area (Å²) < 4.78 is 5.48. The highest BCUT2D eigenvalue weighted by Gasteiger charge is 2.39. The van der Waals surface area contributed by atoms with Gasteiger partial charge >= 0.3 is 0 Å². The van der Waals surface area contributed by atoms with E-state index in [-0.39, 0.29) is 36.3 Å². The van der Waals surface area contributed by atoms with Crippen LogP contribution in [0.15, 0.2) is 18.2 Å². The molecule has 2 aliphatic heterocycles. The molecule has 1 aromatic rings. The molecular formula is C21H28N4O4. The number of fused-ring (bicyclic) bond motifs is 1. The van der Waals surface area contributed by atoms with E-state index in [2.05, 4.69) is 10.6 Å². The Hall–Kier alpha value is -2.29. The van der Waals surface area contributed by atoms with E-state index in [1.54, 1.807) is 12.0 Å². The molecule has 1 aliphatic carbocycles. The average Bonchev–Trinajstić information content (AvgIpc) is 3.03. The van der Waals surface area contributed by atoms with Crippen LogP contribution in [0.1, 0.15) is 53.6 Å². The summed E-state index contributed by atoms with van der Waals surface area (Å²) >= 11 is 0. The number of amides is 3. The van der Waals surface area contributed by atoms with E-state index in [0.29, 0.717) is 31.1 Å². The monoisotopic (exact) mass is 400 g/mol. The summed E-state index contributed by atoms with van der Waals surface area (Å²) in [5.74, 6) is -0.796. The van der Waals surface area contributed by atoms with Gasteiger partial charge in [0, 0.05) is 44.3 Å². The summed E-state index contributed by atoms with van der Waals surface area (Å²) in [4.78, 5) is 38.0. The summed E-state index contributed by atoms with van der Waals surface area (Å²) in [6.45, 7) is 1.07. The maximum absolute atomic E-state index is 12.9. The lowest BCUT2D eigenvalue weighted by atomic mass is 9.89. The van der Waals surface area contributed by atoms with Crippen molar-refractivity contribution in [3.63, 3.8) is 0 Å². The third kappa shape index (κ3) is 4.05. The maximum Gasteiger partial charge on any atom is 0.255 e. The fourth-order valence-corrected chi connectivity index (χ4v) is 4.58. The first-order chi connectivity index (χ1) is 14.0. The minimum absolute atomic E-state index is 0.0740. The summed E-state index contributed by atoms with van der Waals surface area (Å²) in [5.41, 5.74) is 8.69. The van der Waals surface area contributed by atoms with Gasteiger partial charge in [-0.25, -0.2) is 0 Å². The minimum atomic E-state index is -0.577. The normalized spacial score (nSPS) is 29.7. The predicted octanol–water partition coefficient (Wildman–Crippen LogP) is 0.432. The van der Waals surface area contributed by atoms with Gasteiger partial charge in [0.1, 0.15) is 6.04 Å². The van der Waals surface area contributed by atoms with Gasteiger partial charge in [0.2, 0.25) is 11.8 Å². The smallest absolute Gasteiger partial charge is 0.255 e. The Bertz CT molecular complexity index is 827. The number of rotatable bonds is 5. The molecule has 29 heavy (non-hydrogen) atoms. The molecule has 4 rings (SSSR count). The molecular weight excluding hydrogens is 372 g/mol. The number of hydrogen-bond acceptors (Lipinski definition) is 6. The van der Waals surface area contributed by atoms with Crippen molar-refractivity contribution in [2.24, 2.45) is 5.73 Å². The van der Waals surface area contributed by atoms with E-state index in [1.807, 2.05) is 18.2 Å². The minimum Gasteiger partial charge on any atom is -0.380 e. The Labute approximate surface area is 170 Å². The zero-order valence-electron chi connectivity index (χ0n) is 16.6. The lowest BCUT2D eigenvalue weighted by Gasteiger charge is -2.33. The van der Waals surface area contributed by atoms with Gasteiger partial charge in [-0.3, -0.25) is 19.7 Å². The van der Waals surface area contributed by atoms with E-state index in [9.17, 15) is 14.4 Å². The van der Waals surface area contributed by atoms with Crippen molar-refractivity contribution < 1.29 is 19.1 Å². The van der Waals surface area contributed by atoms with Gasteiger partial charge in [-0.05, 0) is 42.9 Å². The highest BCUT2D eigenvalue weighted by atomic mass is 16.5. The second kappa shape index (κ2) is 8.22. The van der Waals surface area contributed by atoms with Crippen LogP contribution >= 0.6 is 0 Å². The molecule has 0 aromatic heterocycles. The van der Waals surface area contributed by atoms with Crippen LogP contribution < -0.4 is 16.4 Å². The molecule has 4 N–H and O–H groups in total. The predicted molar refractivity (Wildman–Crippen MR) is 106 cm³/mol. The Morgan fingerprint density at radius 3 is 2.83 bits per heavy atom. The second-order valence-electron chi connectivity index (χ2n) is 8.22. The van der Waals surface area contributed by atoms with Crippen molar-refractivity contribution in [2.45, 2.75) is 69.4 Å². The molecule has 1 saturated heterocycles. The Kier molecular flexibility index (Phi) is 5.67. The average molecular weight is 400 g/mol. The van der Waals surface area contributed by atoms with Crippen LogP contribution in [-0.4, -0.2) is 54.0 Å². The molecule has 4 atom stereocenters. The van der Waals surface area contributed by atoms with E-state index in [0.717, 1.165) is 30.4 Å². The summed E-state index contributed by atoms with van der Waals surface area (Å²) in [6, 6.07) is 5.75. The van der Waals surface area contributed by atoms with Crippen molar-refractivity contribution in [3.8, 4) is 0 Å². The molecule has 3 amide bonds. The SMILES string of the molecule is COC1CC(NCc2ccc3c(c2)C(=O)N(C2CCC(=O)NC2=O)C3)CCC1N. The van der Waals surface area contributed by atoms with Crippen LogP contribution in [-0.2, 0) is 27.4 Å². The molecule has 1 saturated carbocycles. The number of carbonyl (C=O) groups excluding carboxylic acids is 3.